The van der Waals surface area contributed by atoms with E-state index in [2.05, 4.69) is 15.0 Å². The summed E-state index contributed by atoms with van der Waals surface area (Å²) in [7, 11) is 2.96. The Morgan fingerprint density at radius 2 is 0.957 bits per heavy atom. The topological polar surface area (TPSA) is 148 Å². The number of methoxy groups -OCH3 is 2. The molecule has 0 atom stereocenters. The number of hydrogen-bond acceptors (Lipinski definition) is 12. The highest BCUT2D eigenvalue weighted by atomic mass is 16.5. The van der Waals surface area contributed by atoms with Crippen molar-refractivity contribution in [2.24, 2.45) is 0 Å². The van der Waals surface area contributed by atoms with Crippen LogP contribution in [0.4, 0.5) is 17.8 Å². The number of aliphatic hydroxyl groups is 4. The predicted octanol–water partition coefficient (Wildman–Crippen LogP) is -2.70. The Morgan fingerprint density at radius 1 is 0.652 bits per heavy atom. The third-order valence-electron chi connectivity index (χ3n) is 2.70. The van der Waals surface area contributed by atoms with Gasteiger partial charge in [-0.15, -0.1) is 0 Å². The molecule has 0 aliphatic carbocycles. The molecule has 0 saturated heterocycles. The Balaban J connectivity index is 3.31. The minimum absolute atomic E-state index is 0.0425. The Kier molecular flexibility index (Phi) is 8.39. The van der Waals surface area contributed by atoms with Gasteiger partial charge in [0.2, 0.25) is 17.8 Å². The van der Waals surface area contributed by atoms with E-state index in [1.165, 1.54) is 19.1 Å². The molecule has 0 saturated carbocycles. The molecule has 12 nitrogen and oxygen atoms in total. The number of rotatable bonds is 11. The molecule has 0 unspecified atom stereocenters. The highest BCUT2D eigenvalue weighted by Crippen LogP contribution is 2.18. The first-order chi connectivity index (χ1) is 11.1. The molecule has 0 aliphatic heterocycles. The van der Waals surface area contributed by atoms with Crippen molar-refractivity contribution in [3.05, 3.63) is 0 Å². The minimum atomic E-state index is -0.536. The van der Waals surface area contributed by atoms with E-state index in [0.29, 0.717) is 0 Å². The molecule has 0 amide bonds. The Morgan fingerprint density at radius 3 is 1.22 bits per heavy atom. The molecule has 0 fully saturated rings. The van der Waals surface area contributed by atoms with Gasteiger partial charge in [-0.25, -0.2) is 0 Å². The molecule has 23 heavy (non-hydrogen) atoms. The fraction of sp³-hybridized carbons (Fsp3) is 0.727. The summed E-state index contributed by atoms with van der Waals surface area (Å²) in [6.45, 7) is -1.93. The van der Waals surface area contributed by atoms with Crippen LogP contribution in [0.15, 0.2) is 0 Å². The van der Waals surface area contributed by atoms with E-state index >= 15 is 0 Å². The zero-order valence-corrected chi connectivity index (χ0v) is 13.0. The summed E-state index contributed by atoms with van der Waals surface area (Å²) in [6.07, 6.45) is 0. The van der Waals surface area contributed by atoms with Crippen molar-refractivity contribution in [2.75, 3.05) is 69.3 Å². The van der Waals surface area contributed by atoms with E-state index in [1.807, 2.05) is 0 Å². The van der Waals surface area contributed by atoms with Crippen molar-refractivity contribution in [2.45, 2.75) is 0 Å². The normalized spacial score (nSPS) is 10.7. The van der Waals surface area contributed by atoms with Crippen LogP contribution in [-0.2, 0) is 9.47 Å². The summed E-state index contributed by atoms with van der Waals surface area (Å²) in [5.74, 6) is 0.0331. The van der Waals surface area contributed by atoms with Crippen LogP contribution in [0.3, 0.4) is 0 Å². The van der Waals surface area contributed by atoms with Crippen LogP contribution in [0.1, 0.15) is 0 Å². The molecule has 4 N–H and O–H groups in total. The van der Waals surface area contributed by atoms with Gasteiger partial charge in [0.25, 0.3) is 0 Å². The maximum atomic E-state index is 9.25. The Bertz CT molecular complexity index is 422. The average molecular weight is 334 g/mol. The number of nitrogens with zero attached hydrogens (tertiary/aromatic N) is 6. The fourth-order valence-corrected chi connectivity index (χ4v) is 1.57. The molecule has 1 heterocycles. The lowest BCUT2D eigenvalue weighted by Crippen LogP contribution is -2.34. The molecule has 0 spiro atoms. The van der Waals surface area contributed by atoms with E-state index in [-0.39, 0.29) is 31.3 Å². The standard InChI is InChI=1S/C11H22N6O6/c1-22-7-17(8-23-2)11-13-9(15(3-18)4-19)12-10(14-11)16(5-20)6-21/h18-21H,3-8H2,1-2H3. The maximum absolute atomic E-state index is 9.25. The lowest BCUT2D eigenvalue weighted by molar-refractivity contribution is 0.138. The number of aliphatic hydroxyl groups excluding tert-OH is 4. The third-order valence-corrected chi connectivity index (χ3v) is 2.70. The average Bonchev–Trinajstić information content (AvgIpc) is 2.57. The highest BCUT2D eigenvalue weighted by molar-refractivity contribution is 5.45. The summed E-state index contributed by atoms with van der Waals surface area (Å²) in [5, 5.41) is 37.0. The molecule has 0 aliphatic rings. The molecule has 1 rings (SSSR count). The van der Waals surface area contributed by atoms with E-state index in [9.17, 15) is 20.4 Å². The predicted molar refractivity (Wildman–Crippen MR) is 79.4 cm³/mol. The smallest absolute Gasteiger partial charge is 0.235 e. The van der Waals surface area contributed by atoms with Gasteiger partial charge in [0, 0.05) is 14.2 Å². The van der Waals surface area contributed by atoms with Gasteiger partial charge in [-0.3, -0.25) is 14.7 Å². The van der Waals surface area contributed by atoms with Gasteiger partial charge in [0.15, 0.2) is 0 Å². The van der Waals surface area contributed by atoms with Crippen molar-refractivity contribution in [1.82, 2.24) is 15.0 Å². The summed E-state index contributed by atoms with van der Waals surface area (Å²) in [5.41, 5.74) is 0. The van der Waals surface area contributed by atoms with Gasteiger partial charge in [-0.1, -0.05) is 0 Å². The fourth-order valence-electron chi connectivity index (χ4n) is 1.57. The van der Waals surface area contributed by atoms with Crippen molar-refractivity contribution in [1.29, 1.82) is 0 Å². The van der Waals surface area contributed by atoms with Gasteiger partial charge in [-0.2, -0.15) is 15.0 Å². The first kappa shape index (κ1) is 19.2. The second kappa shape index (κ2) is 10.0. The number of ether oxygens (including phenoxy) is 2. The lowest BCUT2D eigenvalue weighted by Gasteiger charge is -2.25. The summed E-state index contributed by atoms with van der Waals surface area (Å²) in [6, 6.07) is 0. The quantitative estimate of drug-likeness (QED) is 0.312. The first-order valence-corrected chi connectivity index (χ1v) is 6.57. The van der Waals surface area contributed by atoms with E-state index < -0.39 is 26.9 Å². The number of hydrogen-bond donors (Lipinski definition) is 4. The van der Waals surface area contributed by atoms with Crippen molar-refractivity contribution >= 4 is 17.8 Å². The van der Waals surface area contributed by atoms with Crippen LogP contribution in [0.25, 0.3) is 0 Å². The van der Waals surface area contributed by atoms with Gasteiger partial charge in [0.1, 0.15) is 40.4 Å². The molecular weight excluding hydrogens is 312 g/mol. The number of aromatic nitrogens is 3. The molecule has 0 radical (unpaired) electrons. The molecule has 12 heteroatoms. The Labute approximate surface area is 133 Å². The molecule has 1 aromatic rings. The monoisotopic (exact) mass is 334 g/mol. The van der Waals surface area contributed by atoms with Crippen LogP contribution in [0, 0.1) is 0 Å². The second-order valence-electron chi connectivity index (χ2n) is 4.26. The SMILES string of the molecule is COCN(COC)c1nc(N(CO)CO)nc(N(CO)CO)n1. The maximum Gasteiger partial charge on any atom is 0.235 e. The van der Waals surface area contributed by atoms with E-state index in [0.717, 1.165) is 9.80 Å². The van der Waals surface area contributed by atoms with E-state index in [1.54, 1.807) is 0 Å². The van der Waals surface area contributed by atoms with Gasteiger partial charge < -0.3 is 29.9 Å². The summed E-state index contributed by atoms with van der Waals surface area (Å²) in [4.78, 5) is 15.9. The molecule has 0 aromatic carbocycles. The zero-order chi connectivity index (χ0) is 17.2. The Hall–Kier alpha value is -1.83. The zero-order valence-electron chi connectivity index (χ0n) is 13.0. The lowest BCUT2D eigenvalue weighted by atomic mass is 10.6. The van der Waals surface area contributed by atoms with Crippen molar-refractivity contribution in [3.63, 3.8) is 0 Å². The van der Waals surface area contributed by atoms with Crippen molar-refractivity contribution < 1.29 is 29.9 Å². The minimum Gasteiger partial charge on any atom is -0.376 e. The van der Waals surface area contributed by atoms with Gasteiger partial charge in [-0.05, 0) is 0 Å². The van der Waals surface area contributed by atoms with Crippen LogP contribution in [-0.4, -0.2) is 90.0 Å². The largest absolute Gasteiger partial charge is 0.376 e. The van der Waals surface area contributed by atoms with Crippen LogP contribution in [0.5, 0.6) is 0 Å². The van der Waals surface area contributed by atoms with E-state index in [4.69, 9.17) is 9.47 Å². The molecule has 132 valence electrons. The van der Waals surface area contributed by atoms with Crippen molar-refractivity contribution in [3.8, 4) is 0 Å². The second-order valence-corrected chi connectivity index (χ2v) is 4.26. The molecule has 0 bridgehead atoms. The van der Waals surface area contributed by atoms with Crippen LogP contribution in [0.2, 0.25) is 0 Å². The highest BCUT2D eigenvalue weighted by Gasteiger charge is 2.19. The summed E-state index contributed by atoms with van der Waals surface area (Å²) >= 11 is 0. The molecular formula is C11H22N6O6. The molecule has 1 aromatic heterocycles. The van der Waals surface area contributed by atoms with Crippen LogP contribution >= 0.6 is 0 Å². The number of anilines is 3. The van der Waals surface area contributed by atoms with Crippen LogP contribution < -0.4 is 14.7 Å². The van der Waals surface area contributed by atoms with Gasteiger partial charge >= 0.3 is 0 Å². The first-order valence-electron chi connectivity index (χ1n) is 6.57. The summed E-state index contributed by atoms with van der Waals surface area (Å²) < 4.78 is 10.1. The van der Waals surface area contributed by atoms with Gasteiger partial charge in [0.05, 0.1) is 0 Å². The third kappa shape index (κ3) is 5.09.